The van der Waals surface area contributed by atoms with Gasteiger partial charge in [-0.1, -0.05) is 36.4 Å². The third-order valence-corrected chi connectivity index (χ3v) is 6.59. The number of carboxylic acid groups (broad SMARTS) is 1. The summed E-state index contributed by atoms with van der Waals surface area (Å²) in [6, 6.07) is 13.7. The van der Waals surface area contributed by atoms with E-state index in [2.05, 4.69) is 5.10 Å². The van der Waals surface area contributed by atoms with Crippen molar-refractivity contribution in [3.05, 3.63) is 76.7 Å². The summed E-state index contributed by atoms with van der Waals surface area (Å²) in [5.41, 5.74) is 0.907. The second-order valence-corrected chi connectivity index (χ2v) is 9.18. The van der Waals surface area contributed by atoms with Crippen LogP contribution in [0.2, 0.25) is 0 Å². The van der Waals surface area contributed by atoms with Gasteiger partial charge in [0.25, 0.3) is 5.56 Å². The van der Waals surface area contributed by atoms with Crippen LogP contribution < -0.4 is 5.56 Å². The van der Waals surface area contributed by atoms with Crippen molar-refractivity contribution in [3.63, 3.8) is 0 Å². The molecular weight excluding hydrogens is 473 g/mol. The summed E-state index contributed by atoms with van der Waals surface area (Å²) in [5.74, 6) is -0.406. The summed E-state index contributed by atoms with van der Waals surface area (Å²) in [7, 11) is 0. The second-order valence-electron chi connectivity index (χ2n) is 9.18. The van der Waals surface area contributed by atoms with E-state index in [9.17, 15) is 22.8 Å². The summed E-state index contributed by atoms with van der Waals surface area (Å²) >= 11 is 0. The number of halogens is 3. The van der Waals surface area contributed by atoms with E-state index in [-0.39, 0.29) is 18.1 Å². The van der Waals surface area contributed by atoms with Gasteiger partial charge in [0.2, 0.25) is 0 Å². The number of aliphatic carboxylic acids is 1. The maximum atomic E-state index is 13.4. The molecule has 1 aliphatic rings. The van der Waals surface area contributed by atoms with Crippen LogP contribution in [0.15, 0.2) is 65.6 Å². The molecule has 1 fully saturated rings. The SMILES string of the molecule is O=C(O)COCC1CCC(Cn2ncc(-c3ccc(C(F)(F)F)cc3-c3ccccc3)cc2=O)CC1. The van der Waals surface area contributed by atoms with Crippen LogP contribution in [-0.2, 0) is 22.3 Å². The van der Waals surface area contributed by atoms with Crippen LogP contribution in [0.25, 0.3) is 22.3 Å². The summed E-state index contributed by atoms with van der Waals surface area (Å²) in [6.45, 7) is 0.583. The number of hydrogen-bond acceptors (Lipinski definition) is 4. The van der Waals surface area contributed by atoms with Crippen LogP contribution in [0.1, 0.15) is 31.2 Å². The maximum absolute atomic E-state index is 13.4. The minimum Gasteiger partial charge on any atom is -0.480 e. The first-order valence-electron chi connectivity index (χ1n) is 11.8. The number of carboxylic acids is 1. The van der Waals surface area contributed by atoms with E-state index in [1.165, 1.54) is 23.0 Å². The minimum atomic E-state index is -4.48. The number of carbonyl (C=O) groups is 1. The highest BCUT2D eigenvalue weighted by Crippen LogP contribution is 2.37. The van der Waals surface area contributed by atoms with E-state index in [4.69, 9.17) is 9.84 Å². The number of hydrogen-bond donors (Lipinski definition) is 1. The number of rotatable bonds is 8. The minimum absolute atomic E-state index is 0.266. The van der Waals surface area contributed by atoms with Crippen molar-refractivity contribution in [2.75, 3.05) is 13.2 Å². The molecular formula is C27H27F3N2O4. The van der Waals surface area contributed by atoms with Crippen LogP contribution in [0.5, 0.6) is 0 Å². The third kappa shape index (κ3) is 6.40. The maximum Gasteiger partial charge on any atom is 0.416 e. The third-order valence-electron chi connectivity index (χ3n) is 6.59. The number of benzene rings is 2. The molecule has 1 N–H and O–H groups in total. The van der Waals surface area contributed by atoms with Gasteiger partial charge in [-0.05, 0) is 66.3 Å². The molecule has 4 rings (SSSR count). The number of nitrogens with zero attached hydrogens (tertiary/aromatic N) is 2. The highest BCUT2D eigenvalue weighted by atomic mass is 19.4. The van der Waals surface area contributed by atoms with Gasteiger partial charge in [0.1, 0.15) is 6.61 Å². The zero-order valence-corrected chi connectivity index (χ0v) is 19.6. The Morgan fingerprint density at radius 3 is 2.31 bits per heavy atom. The summed E-state index contributed by atoms with van der Waals surface area (Å²) in [5, 5.41) is 13.0. The molecule has 9 heteroatoms. The number of alkyl halides is 3. The molecule has 0 radical (unpaired) electrons. The number of aromatic nitrogens is 2. The predicted molar refractivity (Wildman–Crippen MR) is 128 cm³/mol. The molecule has 3 aromatic rings. The lowest BCUT2D eigenvalue weighted by Crippen LogP contribution is -2.29. The first-order valence-corrected chi connectivity index (χ1v) is 11.8. The van der Waals surface area contributed by atoms with Crippen LogP contribution in [0.4, 0.5) is 13.2 Å². The monoisotopic (exact) mass is 500 g/mol. The van der Waals surface area contributed by atoms with Crippen molar-refractivity contribution in [2.45, 2.75) is 38.4 Å². The molecule has 1 aliphatic carbocycles. The topological polar surface area (TPSA) is 81.4 Å². The van der Waals surface area contributed by atoms with Crippen LogP contribution in [0.3, 0.4) is 0 Å². The van der Waals surface area contributed by atoms with Gasteiger partial charge in [-0.15, -0.1) is 0 Å². The fourth-order valence-electron chi connectivity index (χ4n) is 4.69. The fraction of sp³-hybridized carbons (Fsp3) is 0.370. The predicted octanol–water partition coefficient (Wildman–Crippen LogP) is 5.50. The van der Waals surface area contributed by atoms with Crippen LogP contribution in [-0.4, -0.2) is 34.1 Å². The van der Waals surface area contributed by atoms with Crippen molar-refractivity contribution in [1.82, 2.24) is 9.78 Å². The lowest BCUT2D eigenvalue weighted by atomic mass is 9.82. The van der Waals surface area contributed by atoms with Gasteiger partial charge in [0.05, 0.1) is 18.4 Å². The number of ether oxygens (including phenoxy) is 1. The molecule has 0 aliphatic heterocycles. The Bertz CT molecular complexity index is 1250. The largest absolute Gasteiger partial charge is 0.480 e. The van der Waals surface area contributed by atoms with E-state index in [1.54, 1.807) is 30.3 Å². The molecule has 0 spiro atoms. The Labute approximate surface area is 206 Å². The molecule has 0 atom stereocenters. The van der Waals surface area contributed by atoms with Crippen LogP contribution in [0, 0.1) is 11.8 Å². The van der Waals surface area contributed by atoms with E-state index in [0.29, 0.717) is 41.3 Å². The van der Waals surface area contributed by atoms with Crippen molar-refractivity contribution in [3.8, 4) is 22.3 Å². The first-order chi connectivity index (χ1) is 17.2. The molecule has 0 unspecified atom stereocenters. The van der Waals surface area contributed by atoms with Crippen LogP contribution >= 0.6 is 0 Å². The zero-order valence-electron chi connectivity index (χ0n) is 19.6. The van der Waals surface area contributed by atoms with Gasteiger partial charge in [0, 0.05) is 18.2 Å². The zero-order chi connectivity index (χ0) is 25.7. The second kappa shape index (κ2) is 11.1. The smallest absolute Gasteiger partial charge is 0.416 e. The lowest BCUT2D eigenvalue weighted by Gasteiger charge is -2.28. The fourth-order valence-corrected chi connectivity index (χ4v) is 4.69. The highest BCUT2D eigenvalue weighted by Gasteiger charge is 2.31. The molecule has 6 nitrogen and oxygen atoms in total. The standard InChI is InChI=1S/C27H27F3N2O4/c28-27(29,30)22-10-11-23(24(13-22)20-4-2-1-3-5-20)21-12-25(33)32(31-14-21)15-18-6-8-19(9-7-18)16-36-17-26(34)35/h1-5,10-14,18-19H,6-9,15-17H2,(H,34,35). The molecule has 1 heterocycles. The van der Waals surface area contributed by atoms with Gasteiger partial charge in [-0.25, -0.2) is 9.48 Å². The van der Waals surface area contributed by atoms with Crippen molar-refractivity contribution >= 4 is 5.97 Å². The van der Waals surface area contributed by atoms with E-state index >= 15 is 0 Å². The van der Waals surface area contributed by atoms with Gasteiger partial charge in [0.15, 0.2) is 0 Å². The van der Waals surface area contributed by atoms with E-state index in [1.807, 2.05) is 0 Å². The summed E-state index contributed by atoms with van der Waals surface area (Å²) in [6.07, 6.45) is 0.598. The molecule has 0 saturated heterocycles. The molecule has 190 valence electrons. The molecule has 2 aromatic carbocycles. The van der Waals surface area contributed by atoms with Crippen molar-refractivity contribution < 1.29 is 27.8 Å². The molecule has 0 amide bonds. The van der Waals surface area contributed by atoms with E-state index in [0.717, 1.165) is 37.8 Å². The molecule has 1 saturated carbocycles. The average molecular weight is 501 g/mol. The molecule has 1 aromatic heterocycles. The molecule has 0 bridgehead atoms. The Balaban J connectivity index is 1.50. The normalized spacial score (nSPS) is 18.2. The quantitative estimate of drug-likeness (QED) is 0.442. The van der Waals surface area contributed by atoms with Gasteiger partial charge in [-0.2, -0.15) is 18.3 Å². The average Bonchev–Trinajstić information content (AvgIpc) is 2.86. The highest BCUT2D eigenvalue weighted by molar-refractivity contribution is 5.83. The molecule has 36 heavy (non-hydrogen) atoms. The first kappa shape index (κ1) is 25.6. The van der Waals surface area contributed by atoms with Crippen molar-refractivity contribution in [2.24, 2.45) is 11.8 Å². The van der Waals surface area contributed by atoms with Gasteiger partial charge in [-0.3, -0.25) is 4.79 Å². The Kier molecular flexibility index (Phi) is 7.88. The summed E-state index contributed by atoms with van der Waals surface area (Å²) < 4.78 is 46.7. The Morgan fingerprint density at radius 2 is 1.67 bits per heavy atom. The Morgan fingerprint density at radius 1 is 0.972 bits per heavy atom. The Hall–Kier alpha value is -3.46. The van der Waals surface area contributed by atoms with Gasteiger partial charge >= 0.3 is 12.1 Å². The van der Waals surface area contributed by atoms with Gasteiger partial charge < -0.3 is 9.84 Å². The van der Waals surface area contributed by atoms with Crippen molar-refractivity contribution in [1.29, 1.82) is 0 Å². The lowest BCUT2D eigenvalue weighted by molar-refractivity contribution is -0.143. The summed E-state index contributed by atoms with van der Waals surface area (Å²) in [4.78, 5) is 23.5. The van der Waals surface area contributed by atoms with E-state index < -0.39 is 17.7 Å².